The monoisotopic (exact) mass is 312 g/mol. The minimum Gasteiger partial charge on any atom is -0.312 e. The third-order valence-corrected chi connectivity index (χ3v) is 4.24. The molecule has 0 saturated carbocycles. The summed E-state index contributed by atoms with van der Waals surface area (Å²) < 4.78 is 14.0. The molecule has 0 amide bonds. The van der Waals surface area contributed by atoms with Gasteiger partial charge in [0.25, 0.3) is 0 Å². The van der Waals surface area contributed by atoms with Crippen LogP contribution in [-0.4, -0.2) is 30.1 Å². The van der Waals surface area contributed by atoms with Gasteiger partial charge >= 0.3 is 0 Å². The van der Waals surface area contributed by atoms with Crippen LogP contribution in [0.4, 0.5) is 4.39 Å². The van der Waals surface area contributed by atoms with Crippen molar-refractivity contribution >= 4 is 11.6 Å². The van der Waals surface area contributed by atoms with Gasteiger partial charge in [0.05, 0.1) is 5.02 Å². The Balaban J connectivity index is 1.91. The van der Waals surface area contributed by atoms with Gasteiger partial charge in [-0.1, -0.05) is 23.7 Å². The fourth-order valence-corrected chi connectivity index (χ4v) is 3.02. The Morgan fingerprint density at radius 3 is 2.86 bits per heavy atom. The number of rotatable bonds is 4. The van der Waals surface area contributed by atoms with E-state index in [1.54, 1.807) is 6.07 Å². The topological polar surface area (TPSA) is 15.3 Å². The number of nitrogens with one attached hydrogen (secondary N) is 1. The van der Waals surface area contributed by atoms with Crippen molar-refractivity contribution in [3.05, 3.63) is 34.6 Å². The lowest BCUT2D eigenvalue weighted by Gasteiger charge is -2.34. The first-order valence-electron chi connectivity index (χ1n) is 7.75. The molecule has 1 N–H and O–H groups in total. The molecular weight excluding hydrogens is 287 g/mol. The molecule has 0 bridgehead atoms. The van der Waals surface area contributed by atoms with E-state index in [9.17, 15) is 4.39 Å². The summed E-state index contributed by atoms with van der Waals surface area (Å²) in [5, 5.41) is 3.79. The maximum Gasteiger partial charge on any atom is 0.146 e. The van der Waals surface area contributed by atoms with Crippen molar-refractivity contribution in [3.8, 4) is 0 Å². The molecule has 21 heavy (non-hydrogen) atoms. The van der Waals surface area contributed by atoms with Gasteiger partial charge in [0.1, 0.15) is 5.82 Å². The van der Waals surface area contributed by atoms with E-state index >= 15 is 0 Å². The zero-order valence-corrected chi connectivity index (χ0v) is 14.0. The molecule has 0 aliphatic carbocycles. The largest absolute Gasteiger partial charge is 0.312 e. The number of likely N-dealkylation sites (tertiary alicyclic amines) is 1. The van der Waals surface area contributed by atoms with Crippen molar-refractivity contribution in [2.45, 2.75) is 45.7 Å². The van der Waals surface area contributed by atoms with E-state index in [1.807, 2.05) is 12.1 Å². The van der Waals surface area contributed by atoms with E-state index in [-0.39, 0.29) is 16.4 Å². The van der Waals surface area contributed by atoms with Gasteiger partial charge in [-0.25, -0.2) is 4.39 Å². The molecule has 1 unspecified atom stereocenters. The van der Waals surface area contributed by atoms with E-state index in [2.05, 4.69) is 31.0 Å². The molecule has 0 radical (unpaired) electrons. The van der Waals surface area contributed by atoms with Crippen molar-refractivity contribution in [2.24, 2.45) is 5.92 Å². The first-order chi connectivity index (χ1) is 9.85. The van der Waals surface area contributed by atoms with Crippen molar-refractivity contribution in [2.75, 3.05) is 19.6 Å². The van der Waals surface area contributed by atoms with Gasteiger partial charge in [-0.05, 0) is 58.7 Å². The van der Waals surface area contributed by atoms with Gasteiger partial charge < -0.3 is 5.32 Å². The average Bonchev–Trinajstić information content (AvgIpc) is 2.41. The maximum atomic E-state index is 14.0. The highest BCUT2D eigenvalue weighted by Crippen LogP contribution is 2.22. The molecule has 118 valence electrons. The summed E-state index contributed by atoms with van der Waals surface area (Å²) in [6, 6.07) is 5.26. The van der Waals surface area contributed by atoms with Gasteiger partial charge in [-0.3, -0.25) is 4.90 Å². The second-order valence-electron chi connectivity index (χ2n) is 7.09. The third kappa shape index (κ3) is 5.24. The Kier molecular flexibility index (Phi) is 5.64. The Morgan fingerprint density at radius 1 is 1.38 bits per heavy atom. The Labute approximate surface area is 132 Å². The molecule has 2 rings (SSSR count). The number of nitrogens with zero attached hydrogens (tertiary/aromatic N) is 1. The van der Waals surface area contributed by atoms with Crippen LogP contribution >= 0.6 is 11.6 Å². The Bertz CT molecular complexity index is 470. The molecule has 1 aromatic rings. The van der Waals surface area contributed by atoms with Crippen LogP contribution in [0.3, 0.4) is 0 Å². The summed E-state index contributed by atoms with van der Waals surface area (Å²) in [7, 11) is 0. The van der Waals surface area contributed by atoms with Crippen molar-refractivity contribution < 1.29 is 4.39 Å². The number of benzene rings is 1. The number of halogens is 2. The molecule has 1 fully saturated rings. The summed E-state index contributed by atoms with van der Waals surface area (Å²) in [5.41, 5.74) is 0.855. The molecule has 1 aliphatic rings. The van der Waals surface area contributed by atoms with Gasteiger partial charge in [0, 0.05) is 24.2 Å². The van der Waals surface area contributed by atoms with Crippen LogP contribution in [0.2, 0.25) is 5.02 Å². The van der Waals surface area contributed by atoms with Crippen molar-refractivity contribution in [1.82, 2.24) is 10.2 Å². The number of hydrogen-bond acceptors (Lipinski definition) is 2. The lowest BCUT2D eigenvalue weighted by molar-refractivity contribution is 0.158. The second-order valence-corrected chi connectivity index (χ2v) is 7.49. The Morgan fingerprint density at radius 2 is 2.14 bits per heavy atom. The highest BCUT2D eigenvalue weighted by molar-refractivity contribution is 6.30. The summed E-state index contributed by atoms with van der Waals surface area (Å²) >= 11 is 5.86. The fraction of sp³-hybridized carbons (Fsp3) is 0.647. The summed E-state index contributed by atoms with van der Waals surface area (Å²) in [4.78, 5) is 2.34. The quantitative estimate of drug-likeness (QED) is 0.901. The van der Waals surface area contributed by atoms with Crippen molar-refractivity contribution in [3.63, 3.8) is 0 Å². The lowest BCUT2D eigenvalue weighted by atomic mass is 9.96. The first kappa shape index (κ1) is 16.7. The standard InChI is InChI=1S/C17H26ClFN2/c1-17(2,3)20-10-13-6-5-9-21(11-13)12-14-7-4-8-15(18)16(14)19/h4,7-8,13,20H,5-6,9-12H2,1-3H3. The van der Waals surface area contributed by atoms with E-state index < -0.39 is 0 Å². The molecular formula is C17H26ClFN2. The van der Waals surface area contributed by atoms with Gasteiger partial charge in [-0.2, -0.15) is 0 Å². The average molecular weight is 313 g/mol. The zero-order chi connectivity index (χ0) is 15.5. The summed E-state index contributed by atoms with van der Waals surface area (Å²) in [6.07, 6.45) is 2.43. The summed E-state index contributed by atoms with van der Waals surface area (Å²) in [6.45, 7) is 10.3. The molecule has 2 nitrogen and oxygen atoms in total. The molecule has 1 aliphatic heterocycles. The molecule has 0 spiro atoms. The van der Waals surface area contributed by atoms with Crippen LogP contribution in [0.15, 0.2) is 18.2 Å². The number of piperidine rings is 1. The minimum atomic E-state index is -0.269. The van der Waals surface area contributed by atoms with E-state index in [0.717, 1.165) is 19.6 Å². The van der Waals surface area contributed by atoms with Gasteiger partial charge in [-0.15, -0.1) is 0 Å². The number of hydrogen-bond donors (Lipinski definition) is 1. The van der Waals surface area contributed by atoms with Crippen LogP contribution in [0, 0.1) is 11.7 Å². The Hall–Kier alpha value is -0.640. The molecule has 1 saturated heterocycles. The second kappa shape index (κ2) is 7.08. The van der Waals surface area contributed by atoms with E-state index in [4.69, 9.17) is 11.6 Å². The molecule has 1 aromatic carbocycles. The molecule has 0 aromatic heterocycles. The van der Waals surface area contributed by atoms with Gasteiger partial charge in [0.2, 0.25) is 0 Å². The van der Waals surface area contributed by atoms with Crippen LogP contribution in [0.25, 0.3) is 0 Å². The lowest BCUT2D eigenvalue weighted by Crippen LogP contribution is -2.44. The predicted molar refractivity (Wildman–Crippen MR) is 87.2 cm³/mol. The minimum absolute atomic E-state index is 0.154. The van der Waals surface area contributed by atoms with Crippen LogP contribution in [-0.2, 0) is 6.54 Å². The predicted octanol–water partition coefficient (Wildman–Crippen LogP) is 4.08. The molecule has 4 heteroatoms. The highest BCUT2D eigenvalue weighted by atomic mass is 35.5. The smallest absolute Gasteiger partial charge is 0.146 e. The first-order valence-corrected chi connectivity index (χ1v) is 8.13. The maximum absolute atomic E-state index is 14.0. The normalized spacial score (nSPS) is 20.7. The third-order valence-electron chi connectivity index (χ3n) is 3.95. The highest BCUT2D eigenvalue weighted by Gasteiger charge is 2.22. The molecule has 1 heterocycles. The molecule has 1 atom stereocenters. The fourth-order valence-electron chi connectivity index (χ4n) is 2.82. The van der Waals surface area contributed by atoms with E-state index in [1.165, 1.54) is 12.8 Å². The SMILES string of the molecule is CC(C)(C)NCC1CCCN(Cc2cccc(Cl)c2F)C1. The van der Waals surface area contributed by atoms with Crippen LogP contribution in [0.5, 0.6) is 0 Å². The van der Waals surface area contributed by atoms with Crippen LogP contribution in [0.1, 0.15) is 39.2 Å². The van der Waals surface area contributed by atoms with E-state index in [0.29, 0.717) is 18.0 Å². The summed E-state index contributed by atoms with van der Waals surface area (Å²) in [5.74, 6) is 0.370. The van der Waals surface area contributed by atoms with Crippen molar-refractivity contribution in [1.29, 1.82) is 0 Å². The van der Waals surface area contributed by atoms with Gasteiger partial charge in [0.15, 0.2) is 0 Å². The van der Waals surface area contributed by atoms with Crippen LogP contribution < -0.4 is 5.32 Å². The zero-order valence-electron chi connectivity index (χ0n) is 13.3.